The summed E-state index contributed by atoms with van der Waals surface area (Å²) < 4.78 is 27.5. The molecule has 1 saturated heterocycles. The molecule has 5 rings (SSSR count). The molecule has 1 amide bonds. The molecule has 0 aliphatic carbocycles. The summed E-state index contributed by atoms with van der Waals surface area (Å²) in [6.45, 7) is 2.35. The van der Waals surface area contributed by atoms with Crippen LogP contribution in [0.3, 0.4) is 0 Å². The molecule has 0 saturated carbocycles. The Balaban J connectivity index is 1.54. The number of ketones is 1. The number of hydrogen-bond acceptors (Lipinski definition) is 7. The molecular formula is C26H29N7O4S. The lowest BCUT2D eigenvalue weighted by Crippen LogP contribution is -2.48. The molecule has 11 nitrogen and oxygen atoms in total. The number of amides is 1. The van der Waals surface area contributed by atoms with Crippen molar-refractivity contribution in [2.45, 2.75) is 31.8 Å². The number of nitrogens with zero attached hydrogens (tertiary/aromatic N) is 6. The maximum Gasteiger partial charge on any atom is 0.304 e. The zero-order valence-corrected chi connectivity index (χ0v) is 22.0. The highest BCUT2D eigenvalue weighted by atomic mass is 32.2. The average Bonchev–Trinajstić information content (AvgIpc) is 3.37. The molecule has 0 bridgehead atoms. The second kappa shape index (κ2) is 10.0. The van der Waals surface area contributed by atoms with E-state index in [0.717, 1.165) is 17.1 Å². The van der Waals surface area contributed by atoms with Gasteiger partial charge < -0.3 is 9.80 Å². The summed E-state index contributed by atoms with van der Waals surface area (Å²) in [6, 6.07) is 13.8. The van der Waals surface area contributed by atoms with E-state index in [2.05, 4.69) is 22.2 Å². The Morgan fingerprint density at radius 3 is 2.37 bits per heavy atom. The molecule has 12 heteroatoms. The van der Waals surface area contributed by atoms with Gasteiger partial charge in [-0.1, -0.05) is 30.3 Å². The summed E-state index contributed by atoms with van der Waals surface area (Å²) in [4.78, 5) is 34.1. The van der Waals surface area contributed by atoms with Crippen molar-refractivity contribution in [3.8, 4) is 0 Å². The molecule has 1 unspecified atom stereocenters. The number of pyridine rings is 1. The summed E-state index contributed by atoms with van der Waals surface area (Å²) in [6.07, 6.45) is 6.51. The Morgan fingerprint density at radius 1 is 1.05 bits per heavy atom. The van der Waals surface area contributed by atoms with Crippen molar-refractivity contribution >= 4 is 33.4 Å². The van der Waals surface area contributed by atoms with E-state index < -0.39 is 16.4 Å². The normalized spacial score (nSPS) is 18.1. The summed E-state index contributed by atoms with van der Waals surface area (Å²) in [5.41, 5.74) is 2.15. The first-order valence-electron chi connectivity index (χ1n) is 12.3. The minimum Gasteiger partial charge on any atom is -0.348 e. The van der Waals surface area contributed by atoms with Crippen molar-refractivity contribution in [1.29, 1.82) is 0 Å². The number of carbonyl (C=O) groups excluding carboxylic acids is 2. The predicted molar refractivity (Wildman–Crippen MR) is 143 cm³/mol. The lowest BCUT2D eigenvalue weighted by Gasteiger charge is -2.40. The highest BCUT2D eigenvalue weighted by Crippen LogP contribution is 2.39. The highest BCUT2D eigenvalue weighted by Gasteiger charge is 2.41. The maximum absolute atomic E-state index is 14.0. The number of likely N-dealkylation sites (N-methyl/N-ethyl adjacent to an activating group) is 1. The minimum absolute atomic E-state index is 0.0138. The van der Waals surface area contributed by atoms with E-state index in [4.69, 9.17) is 5.14 Å². The molecule has 3 aromatic rings. The number of carbonyl (C=O) groups is 2. The molecule has 2 aliphatic rings. The lowest BCUT2D eigenvalue weighted by atomic mass is 9.89. The number of Topliss-reactive ketones (excluding diaryl/α,β-unsaturated/α-hetero) is 1. The number of likely N-dealkylation sites (tertiary alicyclic amines) is 1. The van der Waals surface area contributed by atoms with Crippen LogP contribution < -0.4 is 14.3 Å². The van der Waals surface area contributed by atoms with Gasteiger partial charge in [0.05, 0.1) is 29.2 Å². The second-order valence-corrected chi connectivity index (χ2v) is 10.9. The third-order valence-electron chi connectivity index (χ3n) is 7.12. The van der Waals surface area contributed by atoms with Gasteiger partial charge in [0.1, 0.15) is 0 Å². The summed E-state index contributed by atoms with van der Waals surface area (Å²) >= 11 is 0. The van der Waals surface area contributed by atoms with E-state index in [-0.39, 0.29) is 28.6 Å². The van der Waals surface area contributed by atoms with Gasteiger partial charge in [0.15, 0.2) is 17.8 Å². The highest BCUT2D eigenvalue weighted by molar-refractivity contribution is 7.90. The number of rotatable bonds is 6. The van der Waals surface area contributed by atoms with Crippen LogP contribution >= 0.6 is 0 Å². The van der Waals surface area contributed by atoms with Crippen molar-refractivity contribution in [1.82, 2.24) is 19.7 Å². The van der Waals surface area contributed by atoms with Crippen LogP contribution in [0.5, 0.6) is 0 Å². The van der Waals surface area contributed by atoms with Crippen LogP contribution in [0.1, 0.15) is 47.8 Å². The van der Waals surface area contributed by atoms with Gasteiger partial charge in [-0.25, -0.2) is 14.1 Å². The van der Waals surface area contributed by atoms with Gasteiger partial charge in [0.25, 0.3) is 5.91 Å². The van der Waals surface area contributed by atoms with Crippen molar-refractivity contribution in [3.63, 3.8) is 0 Å². The van der Waals surface area contributed by atoms with E-state index in [1.165, 1.54) is 29.6 Å². The van der Waals surface area contributed by atoms with E-state index in [0.29, 0.717) is 24.7 Å². The number of fused-ring (bicyclic) bond motifs is 1. The second-order valence-electron chi connectivity index (χ2n) is 9.48. The van der Waals surface area contributed by atoms with Gasteiger partial charge in [0, 0.05) is 32.5 Å². The number of nitrogens with two attached hydrogens (primary N) is 1. The van der Waals surface area contributed by atoms with Crippen molar-refractivity contribution in [2.75, 3.05) is 29.3 Å². The Hall–Kier alpha value is -4.03. The largest absolute Gasteiger partial charge is 0.348 e. The number of aromatic nitrogens is 3. The Labute approximate surface area is 221 Å². The fourth-order valence-electron chi connectivity index (χ4n) is 5.15. The van der Waals surface area contributed by atoms with Crippen LogP contribution in [-0.2, 0) is 15.0 Å². The molecule has 2 aliphatic heterocycles. The summed E-state index contributed by atoms with van der Waals surface area (Å²) in [7, 11) is -2.62. The molecule has 1 atom stereocenters. The van der Waals surface area contributed by atoms with Gasteiger partial charge in [-0.2, -0.15) is 13.5 Å². The first-order valence-corrected chi connectivity index (χ1v) is 13.8. The molecule has 38 heavy (non-hydrogen) atoms. The Bertz CT molecular complexity index is 1480. The van der Waals surface area contributed by atoms with Gasteiger partial charge in [-0.15, -0.1) is 0 Å². The third-order valence-corrected chi connectivity index (χ3v) is 7.94. The van der Waals surface area contributed by atoms with Crippen LogP contribution in [-0.4, -0.2) is 59.9 Å². The van der Waals surface area contributed by atoms with Gasteiger partial charge in [-0.05, 0) is 43.4 Å². The molecule has 0 spiro atoms. The lowest BCUT2D eigenvalue weighted by molar-refractivity contribution is -0.128. The zero-order valence-electron chi connectivity index (χ0n) is 21.1. The fourth-order valence-corrected chi connectivity index (χ4v) is 5.83. The van der Waals surface area contributed by atoms with E-state index >= 15 is 0 Å². The van der Waals surface area contributed by atoms with Gasteiger partial charge in [-0.3, -0.25) is 14.6 Å². The summed E-state index contributed by atoms with van der Waals surface area (Å²) in [5.74, 6) is -0.378. The predicted octanol–water partition coefficient (Wildman–Crippen LogP) is 2.43. The smallest absolute Gasteiger partial charge is 0.304 e. The molecule has 198 valence electrons. The van der Waals surface area contributed by atoms with Crippen LogP contribution in [0.25, 0.3) is 0 Å². The minimum atomic E-state index is -4.38. The van der Waals surface area contributed by atoms with Gasteiger partial charge >= 0.3 is 10.2 Å². The number of anilines is 2. The van der Waals surface area contributed by atoms with Gasteiger partial charge in [0.2, 0.25) is 0 Å². The molecule has 1 aromatic carbocycles. The number of benzene rings is 1. The number of piperidine rings is 1. The Kier molecular flexibility index (Phi) is 6.76. The van der Waals surface area contributed by atoms with Crippen molar-refractivity contribution in [3.05, 3.63) is 84.0 Å². The topological polar surface area (TPSA) is 135 Å². The fraction of sp³-hybridized carbons (Fsp3) is 0.308. The van der Waals surface area contributed by atoms with Crippen LogP contribution in [0.15, 0.2) is 72.8 Å². The SMILES string of the molecule is CC(=O)c1cnn2c1N(S(N)(=O)=O)C=C(C(=O)N1CCC(c3ccccc3)CC1)C2N(C)c1cccnc1. The van der Waals surface area contributed by atoms with E-state index in [9.17, 15) is 18.0 Å². The van der Waals surface area contributed by atoms with Crippen molar-refractivity contribution in [2.24, 2.45) is 5.14 Å². The van der Waals surface area contributed by atoms with Crippen LogP contribution in [0, 0.1) is 0 Å². The molecule has 1 fully saturated rings. The quantitative estimate of drug-likeness (QED) is 0.479. The molecule has 0 radical (unpaired) electrons. The van der Waals surface area contributed by atoms with Crippen molar-refractivity contribution < 1.29 is 18.0 Å². The van der Waals surface area contributed by atoms with Crippen LogP contribution in [0.4, 0.5) is 11.5 Å². The molecule has 2 aromatic heterocycles. The monoisotopic (exact) mass is 535 g/mol. The van der Waals surface area contributed by atoms with Crippen LogP contribution in [0.2, 0.25) is 0 Å². The maximum atomic E-state index is 14.0. The molecule has 4 heterocycles. The first kappa shape index (κ1) is 25.6. The standard InChI is InChI=1S/C26H29N7O4S/c1-18(34)22-16-29-33-24(30(2)21-9-6-12-28-15-21)23(17-32(25(22)33)38(27,36)37)26(35)31-13-10-20(11-14-31)19-7-4-3-5-8-19/h3-9,12,15-17,20,24H,10-11,13-14H2,1-2H3,(H2,27,36,37). The first-order chi connectivity index (χ1) is 18.2. The number of hydrogen-bond donors (Lipinski definition) is 1. The Morgan fingerprint density at radius 2 is 1.76 bits per heavy atom. The molecular weight excluding hydrogens is 506 g/mol. The van der Waals surface area contributed by atoms with E-state index in [1.807, 2.05) is 24.3 Å². The average molecular weight is 536 g/mol. The summed E-state index contributed by atoms with van der Waals surface area (Å²) in [5, 5.41) is 9.92. The van der Waals surface area contributed by atoms with E-state index in [1.54, 1.807) is 35.3 Å². The third kappa shape index (κ3) is 4.68. The molecule has 2 N–H and O–H groups in total. The zero-order chi connectivity index (χ0) is 27.0.